The summed E-state index contributed by atoms with van der Waals surface area (Å²) in [5.41, 5.74) is 0.894. The number of carbonyl (C=O) groups excluding carboxylic acids is 1. The summed E-state index contributed by atoms with van der Waals surface area (Å²) in [7, 11) is -1.19. The second-order valence-corrected chi connectivity index (χ2v) is 8.77. The lowest BCUT2D eigenvalue weighted by molar-refractivity contribution is -0.121. The first-order valence-electron chi connectivity index (χ1n) is 7.88. The lowest BCUT2D eigenvalue weighted by atomic mass is 9.72. The van der Waals surface area contributed by atoms with Gasteiger partial charge in [0.05, 0.1) is 10.8 Å². The maximum Gasteiger partial charge on any atom is 0.233 e. The van der Waals surface area contributed by atoms with Crippen LogP contribution < -0.4 is 5.32 Å². The van der Waals surface area contributed by atoms with Gasteiger partial charge in [-0.1, -0.05) is 36.4 Å². The van der Waals surface area contributed by atoms with Gasteiger partial charge < -0.3 is 5.32 Å². The number of amides is 1. The van der Waals surface area contributed by atoms with Gasteiger partial charge in [-0.25, -0.2) is 0 Å². The van der Waals surface area contributed by atoms with Crippen LogP contribution in [0.5, 0.6) is 0 Å². The lowest BCUT2D eigenvalue weighted by Crippen LogP contribution is -2.52. The average molecular weight is 348 g/mol. The van der Waals surface area contributed by atoms with Crippen molar-refractivity contribution < 1.29 is 9.00 Å². The molecule has 3 rings (SSSR count). The average Bonchev–Trinajstić information content (AvgIpc) is 3.05. The summed E-state index contributed by atoms with van der Waals surface area (Å²) in [6, 6.07) is 14.0. The third-order valence-electron chi connectivity index (χ3n) is 4.52. The van der Waals surface area contributed by atoms with Gasteiger partial charge in [0.25, 0.3) is 0 Å². The molecule has 1 aromatic carbocycles. The van der Waals surface area contributed by atoms with Gasteiger partial charge in [-0.2, -0.15) is 0 Å². The highest BCUT2D eigenvalue weighted by Crippen LogP contribution is 2.41. The Bertz CT molecular complexity index is 678. The normalized spacial score (nSPS) is 18.7. The van der Waals surface area contributed by atoms with Crippen LogP contribution in [0.2, 0.25) is 0 Å². The Morgan fingerprint density at radius 3 is 2.57 bits per heavy atom. The molecule has 5 heteroatoms. The zero-order chi connectivity index (χ0) is 16.3. The molecule has 1 aliphatic carbocycles. The van der Waals surface area contributed by atoms with E-state index in [1.54, 1.807) is 11.3 Å². The molecule has 1 saturated carbocycles. The number of rotatable bonds is 6. The maximum absolute atomic E-state index is 12.4. The van der Waals surface area contributed by atoms with E-state index in [0.29, 0.717) is 0 Å². The van der Waals surface area contributed by atoms with Crippen LogP contribution in [0.1, 0.15) is 41.9 Å². The molecule has 1 N–H and O–H groups in total. The molecule has 0 unspecified atom stereocenters. The largest absolute Gasteiger partial charge is 0.346 e. The van der Waals surface area contributed by atoms with Crippen molar-refractivity contribution in [1.29, 1.82) is 0 Å². The number of hydrogen-bond acceptors (Lipinski definition) is 3. The first-order valence-corrected chi connectivity index (χ1v) is 10.1. The third kappa shape index (κ3) is 3.56. The fourth-order valence-electron chi connectivity index (χ4n) is 2.98. The minimum Gasteiger partial charge on any atom is -0.346 e. The second kappa shape index (κ2) is 6.97. The molecule has 23 heavy (non-hydrogen) atoms. The Morgan fingerprint density at radius 2 is 2.00 bits per heavy atom. The highest BCUT2D eigenvalue weighted by atomic mass is 32.2. The molecule has 1 fully saturated rings. The molecule has 0 saturated heterocycles. The first-order chi connectivity index (χ1) is 11.1. The Balaban J connectivity index is 1.64. The fraction of sp³-hybridized carbons (Fsp3) is 0.389. The van der Waals surface area contributed by atoms with Crippen molar-refractivity contribution >= 4 is 28.0 Å². The first kappa shape index (κ1) is 16.4. The van der Waals surface area contributed by atoms with Crippen molar-refractivity contribution in [2.75, 3.05) is 5.75 Å². The summed E-state index contributed by atoms with van der Waals surface area (Å²) in [5, 5.41) is 5.02. The van der Waals surface area contributed by atoms with Crippen molar-refractivity contribution in [2.24, 2.45) is 0 Å². The molecule has 1 aliphatic rings. The van der Waals surface area contributed by atoms with E-state index in [1.807, 2.05) is 42.6 Å². The molecule has 3 nitrogen and oxygen atoms in total. The second-order valence-electron chi connectivity index (χ2n) is 6.03. The van der Waals surface area contributed by atoms with Gasteiger partial charge in [0.2, 0.25) is 5.91 Å². The van der Waals surface area contributed by atoms with E-state index < -0.39 is 10.8 Å². The summed E-state index contributed by atoms with van der Waals surface area (Å²) >= 11 is 1.59. The Hall–Kier alpha value is -1.46. The predicted octanol–water partition coefficient (Wildman–Crippen LogP) is 3.75. The van der Waals surface area contributed by atoms with Crippen LogP contribution in [0.4, 0.5) is 0 Å². The van der Waals surface area contributed by atoms with E-state index >= 15 is 0 Å². The van der Waals surface area contributed by atoms with E-state index in [-0.39, 0.29) is 22.4 Å². The lowest BCUT2D eigenvalue weighted by Gasteiger charge is -2.43. The molecule has 122 valence electrons. The van der Waals surface area contributed by atoms with Gasteiger partial charge in [0, 0.05) is 15.7 Å². The number of carbonyl (C=O) groups is 1. The molecule has 2 aromatic rings. The zero-order valence-corrected chi connectivity index (χ0v) is 14.8. The predicted molar refractivity (Wildman–Crippen MR) is 95.9 cm³/mol. The Kier molecular flexibility index (Phi) is 4.97. The van der Waals surface area contributed by atoms with E-state index in [2.05, 4.69) is 17.4 Å². The van der Waals surface area contributed by atoms with E-state index in [1.165, 1.54) is 0 Å². The number of benzene rings is 1. The molecule has 2 atom stereocenters. The molecule has 1 amide bonds. The van der Waals surface area contributed by atoms with Gasteiger partial charge in [-0.05, 0) is 43.2 Å². The highest BCUT2D eigenvalue weighted by molar-refractivity contribution is 7.86. The molecule has 0 aliphatic heterocycles. The maximum atomic E-state index is 12.4. The summed E-state index contributed by atoms with van der Waals surface area (Å²) in [6.07, 6.45) is 3.02. The fourth-order valence-corrected chi connectivity index (χ4v) is 5.05. The van der Waals surface area contributed by atoms with Crippen LogP contribution in [-0.2, 0) is 21.1 Å². The van der Waals surface area contributed by atoms with Crippen LogP contribution in [0.25, 0.3) is 0 Å². The van der Waals surface area contributed by atoms with Crippen molar-refractivity contribution in [2.45, 2.75) is 37.0 Å². The zero-order valence-electron chi connectivity index (χ0n) is 13.2. The number of thiophene rings is 1. The minimum absolute atomic E-state index is 0.0631. The van der Waals surface area contributed by atoms with Gasteiger partial charge in [-0.15, -0.1) is 11.3 Å². The standard InChI is InChI=1S/C18H21NO2S2/c1-14(16-9-5-12-22-16)23(21)13-17(20)19-18(10-6-11-18)15-7-3-2-4-8-15/h2-5,7-9,12,14H,6,10-11,13H2,1H3,(H,19,20)/t14-,23-/m1/s1. The van der Waals surface area contributed by atoms with Gasteiger partial charge in [-0.3, -0.25) is 9.00 Å². The summed E-state index contributed by atoms with van der Waals surface area (Å²) in [5.74, 6) is -0.0523. The van der Waals surface area contributed by atoms with Crippen molar-refractivity contribution in [3.63, 3.8) is 0 Å². The van der Waals surface area contributed by atoms with E-state index in [0.717, 1.165) is 29.7 Å². The molecule has 1 aromatic heterocycles. The van der Waals surface area contributed by atoms with E-state index in [4.69, 9.17) is 0 Å². The van der Waals surface area contributed by atoms with Crippen molar-refractivity contribution in [3.05, 3.63) is 58.3 Å². The molecule has 0 bridgehead atoms. The molecular formula is C18H21NO2S2. The van der Waals surface area contributed by atoms with Crippen molar-refractivity contribution in [1.82, 2.24) is 5.32 Å². The monoisotopic (exact) mass is 347 g/mol. The van der Waals surface area contributed by atoms with Gasteiger partial charge in [0.15, 0.2) is 0 Å². The highest BCUT2D eigenvalue weighted by Gasteiger charge is 2.40. The molecular weight excluding hydrogens is 326 g/mol. The van der Waals surface area contributed by atoms with Crippen LogP contribution in [-0.4, -0.2) is 15.9 Å². The quantitative estimate of drug-likeness (QED) is 0.865. The summed E-state index contributed by atoms with van der Waals surface area (Å²) in [6.45, 7) is 1.92. The molecule has 0 spiro atoms. The Labute approximate surface area is 143 Å². The smallest absolute Gasteiger partial charge is 0.233 e. The van der Waals surface area contributed by atoms with Gasteiger partial charge >= 0.3 is 0 Å². The minimum atomic E-state index is -1.19. The van der Waals surface area contributed by atoms with Crippen LogP contribution >= 0.6 is 11.3 Å². The van der Waals surface area contributed by atoms with Crippen LogP contribution in [0, 0.1) is 0 Å². The van der Waals surface area contributed by atoms with Crippen molar-refractivity contribution in [3.8, 4) is 0 Å². The summed E-state index contributed by atoms with van der Waals surface area (Å²) in [4.78, 5) is 13.5. The summed E-state index contributed by atoms with van der Waals surface area (Å²) < 4.78 is 12.4. The molecule has 1 heterocycles. The third-order valence-corrected chi connectivity index (χ3v) is 7.32. The Morgan fingerprint density at radius 1 is 1.26 bits per heavy atom. The molecule has 0 radical (unpaired) electrons. The SMILES string of the molecule is C[C@H](c1cccs1)[S@](=O)CC(=O)NC1(c2ccccc2)CCC1. The van der Waals surface area contributed by atoms with Gasteiger partial charge in [0.1, 0.15) is 5.75 Å². The number of hydrogen-bond donors (Lipinski definition) is 1. The number of nitrogens with one attached hydrogen (secondary N) is 1. The van der Waals surface area contributed by atoms with Crippen LogP contribution in [0.15, 0.2) is 47.8 Å². The topological polar surface area (TPSA) is 46.2 Å². The van der Waals surface area contributed by atoms with E-state index in [9.17, 15) is 9.00 Å². The van der Waals surface area contributed by atoms with Crippen LogP contribution in [0.3, 0.4) is 0 Å².